The van der Waals surface area contributed by atoms with Crippen molar-refractivity contribution in [2.45, 2.75) is 69.2 Å². The van der Waals surface area contributed by atoms with Crippen LogP contribution in [0.5, 0.6) is 0 Å². The van der Waals surface area contributed by atoms with Crippen molar-refractivity contribution in [3.05, 3.63) is 102 Å². The van der Waals surface area contributed by atoms with Crippen molar-refractivity contribution in [2.24, 2.45) is 17.6 Å². The summed E-state index contributed by atoms with van der Waals surface area (Å²) in [4.78, 5) is 78.3. The number of aryl methyl sites for hydroxylation is 1. The van der Waals surface area contributed by atoms with Crippen molar-refractivity contribution < 1.29 is 48.0 Å². The van der Waals surface area contributed by atoms with Gasteiger partial charge in [0.2, 0.25) is 15.8 Å². The number of hydrogen-bond acceptors (Lipinski definition) is 13. The Morgan fingerprint density at radius 1 is 1.00 bits per heavy atom. The summed E-state index contributed by atoms with van der Waals surface area (Å²) in [6.07, 6.45) is 1.29. The number of rotatable bonds is 11. The number of hydrogen-bond donors (Lipinski definition) is 2. The average molecular weight is 821 g/mol. The van der Waals surface area contributed by atoms with Crippen molar-refractivity contribution in [3.63, 3.8) is 0 Å². The topological polar surface area (TPSA) is 235 Å². The molecule has 18 nitrogen and oxygen atoms in total. The van der Waals surface area contributed by atoms with Crippen LogP contribution in [-0.4, -0.2) is 83.8 Å². The molecule has 0 saturated carbocycles. The van der Waals surface area contributed by atoms with Gasteiger partial charge in [0.1, 0.15) is 24.6 Å². The molecule has 0 spiro atoms. The van der Waals surface area contributed by atoms with Gasteiger partial charge in [-0.1, -0.05) is 30.0 Å². The number of ether oxygens (including phenoxy) is 2. The second kappa shape index (κ2) is 15.6. The number of carbonyl (C=O) groups is 4. The number of non-ortho nitro benzene ring substituents is 2. The van der Waals surface area contributed by atoms with E-state index in [1.807, 2.05) is 18.2 Å². The van der Waals surface area contributed by atoms with Gasteiger partial charge in [-0.3, -0.25) is 25.0 Å². The van der Waals surface area contributed by atoms with Crippen LogP contribution in [-0.2, 0) is 32.3 Å². The van der Waals surface area contributed by atoms with Crippen molar-refractivity contribution in [2.75, 3.05) is 13.1 Å². The Morgan fingerprint density at radius 3 is 2.09 bits per heavy atom. The van der Waals surface area contributed by atoms with E-state index in [1.54, 1.807) is 18.2 Å². The number of aliphatic hydroxyl groups is 1. The zero-order valence-corrected chi connectivity index (χ0v) is 32.6. The number of β-lactam (4-membered cyclic amide) rings is 1. The van der Waals surface area contributed by atoms with Gasteiger partial charge < -0.3 is 30.1 Å². The van der Waals surface area contributed by atoms with E-state index >= 15 is 0 Å². The Bertz CT molecular complexity index is 2330. The number of thiazole rings is 1. The summed E-state index contributed by atoms with van der Waals surface area (Å²) >= 11 is 2.79. The molecular weight excluding hydrogens is 783 g/mol. The van der Waals surface area contributed by atoms with E-state index in [-0.39, 0.29) is 41.5 Å². The molecule has 3 amide bonds. The maximum absolute atomic E-state index is 13.9. The van der Waals surface area contributed by atoms with Crippen molar-refractivity contribution >= 4 is 68.9 Å². The van der Waals surface area contributed by atoms with Crippen LogP contribution < -0.4 is 10.1 Å². The van der Waals surface area contributed by atoms with Crippen LogP contribution >= 0.6 is 23.1 Å². The lowest BCUT2D eigenvalue weighted by Gasteiger charge is -2.46. The predicted octanol–water partition coefficient (Wildman–Crippen LogP) is 4.55. The number of esters is 1. The number of thioether (sulfide) groups is 1. The summed E-state index contributed by atoms with van der Waals surface area (Å²) in [7, 11) is 0. The number of aromatic nitrogens is 2. The Kier molecular flexibility index (Phi) is 10.8. The molecule has 2 aromatic heterocycles. The Hall–Kier alpha value is -5.86. The molecule has 3 aliphatic heterocycles. The number of benzene rings is 2. The fourth-order valence-electron chi connectivity index (χ4n) is 7.60. The number of carbonyl (C=O) groups excluding carboxylic acids is 4. The molecule has 2 aromatic carbocycles. The summed E-state index contributed by atoms with van der Waals surface area (Å²) in [6.45, 7) is 5.82. The summed E-state index contributed by atoms with van der Waals surface area (Å²) in [5, 5.41) is 33.1. The second-order valence-electron chi connectivity index (χ2n) is 14.1. The lowest BCUT2D eigenvalue weighted by Crippen LogP contribution is -2.63. The largest absolute Gasteiger partial charge is 0.456 e. The van der Waals surface area contributed by atoms with E-state index < -0.39 is 51.9 Å². The van der Waals surface area contributed by atoms with Crippen LogP contribution in [0.15, 0.2) is 65.6 Å². The number of piperidine rings is 1. The minimum atomic E-state index is -0.959. The standard InChI is InChI=1S/C37H37N7O11S2/c1-19-27(30(42-29(19)28(21(3)45)32(42)46)35(47)54-16-22-4-8-24(9-5-22)43(50)51)31-20(2)40-18-41(36(38)48)34(33(40)57-31)56-26-12-14-39(15-13-26)37(49)55-17-23-6-10-25(11-7-23)44(52)53/h4-11,18-19,21,26,28-29,45H,12-17H2,1-3H3,(H-,38,48)/p+1/t19-,21+,28+,29+/m0/s1. The van der Waals surface area contributed by atoms with E-state index in [4.69, 9.17) is 15.2 Å². The SMILES string of the molecule is Cc1c(C2=C(C(=O)OCc3ccc([N+](=O)[O-])cc3)N3C(=O)[C@H]([C@@H](C)O)[C@H]3[C@H]2C)sc2c(SC3CCN(C(=O)OCc4ccc([N+](=O)[O-])cc4)CC3)n(C(N)=O)c[n+]12. The predicted molar refractivity (Wildman–Crippen MR) is 204 cm³/mol. The first kappa shape index (κ1) is 39.4. The number of nitro groups is 2. The first-order chi connectivity index (χ1) is 27.2. The number of aliphatic hydroxyl groups excluding tert-OH is 1. The fourth-order valence-corrected chi connectivity index (χ4v) is 10.4. The van der Waals surface area contributed by atoms with Crippen LogP contribution in [0, 0.1) is 39.0 Å². The summed E-state index contributed by atoms with van der Waals surface area (Å²) in [5.74, 6) is -2.26. The number of likely N-dealkylation sites (tertiary alicyclic amines) is 1. The van der Waals surface area contributed by atoms with Gasteiger partial charge in [0.05, 0.1) is 32.8 Å². The van der Waals surface area contributed by atoms with E-state index in [2.05, 4.69) is 0 Å². The third-order valence-corrected chi connectivity index (χ3v) is 13.4. The number of amides is 3. The van der Waals surface area contributed by atoms with Crippen molar-refractivity contribution in [3.8, 4) is 0 Å². The first-order valence-corrected chi connectivity index (χ1v) is 19.7. The minimum absolute atomic E-state index is 0.00710. The number of fused-ring (bicyclic) bond motifs is 2. The Balaban J connectivity index is 1.12. The van der Waals surface area contributed by atoms with Crippen LogP contribution in [0.4, 0.5) is 21.0 Å². The third-order valence-electron chi connectivity index (χ3n) is 10.6. The normalized spacial score (nSPS) is 20.0. The number of nitrogens with zero attached hydrogens (tertiary/aromatic N) is 6. The third kappa shape index (κ3) is 7.30. The number of nitro benzene ring substituents is 2. The molecule has 5 heterocycles. The molecular formula is C37H38N7O11S2+. The molecule has 7 rings (SSSR count). The minimum Gasteiger partial charge on any atom is -0.456 e. The zero-order chi connectivity index (χ0) is 40.9. The molecule has 20 heteroatoms. The molecule has 4 atom stereocenters. The van der Waals surface area contributed by atoms with Gasteiger partial charge in [-0.05, 0) is 62.1 Å². The highest BCUT2D eigenvalue weighted by Gasteiger charge is 2.61. The second-order valence-corrected chi connectivity index (χ2v) is 16.4. The molecule has 3 N–H and O–H groups in total. The Labute approximate surface area is 332 Å². The lowest BCUT2D eigenvalue weighted by molar-refractivity contribution is -0.515. The summed E-state index contributed by atoms with van der Waals surface area (Å²) < 4.78 is 14.3. The van der Waals surface area contributed by atoms with E-state index in [9.17, 15) is 44.5 Å². The van der Waals surface area contributed by atoms with Gasteiger partial charge >= 0.3 is 18.1 Å². The zero-order valence-electron chi connectivity index (χ0n) is 30.9. The molecule has 4 aromatic rings. The molecule has 57 heavy (non-hydrogen) atoms. The van der Waals surface area contributed by atoms with Gasteiger partial charge in [0, 0.05) is 54.1 Å². The molecule has 0 aliphatic carbocycles. The maximum Gasteiger partial charge on any atom is 0.411 e. The van der Waals surface area contributed by atoms with Crippen molar-refractivity contribution in [1.82, 2.24) is 14.4 Å². The average Bonchev–Trinajstić information content (AvgIpc) is 3.79. The smallest absolute Gasteiger partial charge is 0.411 e. The highest BCUT2D eigenvalue weighted by molar-refractivity contribution is 8.00. The van der Waals surface area contributed by atoms with Crippen LogP contribution in [0.2, 0.25) is 0 Å². The first-order valence-electron chi connectivity index (χ1n) is 18.0. The van der Waals surface area contributed by atoms with Crippen LogP contribution in [0.25, 0.3) is 10.4 Å². The summed E-state index contributed by atoms with van der Waals surface area (Å²) in [5.41, 5.74) is 8.12. The molecule has 2 saturated heterocycles. The van der Waals surface area contributed by atoms with Gasteiger partial charge in [0.25, 0.3) is 17.7 Å². The monoisotopic (exact) mass is 820 g/mol. The van der Waals surface area contributed by atoms with Crippen LogP contribution in [0.1, 0.15) is 48.4 Å². The highest BCUT2D eigenvalue weighted by Crippen LogP contribution is 2.52. The number of nitrogens with two attached hydrogens (primary N) is 1. The Morgan fingerprint density at radius 2 is 1.56 bits per heavy atom. The molecule has 0 unspecified atom stereocenters. The molecule has 298 valence electrons. The quantitative estimate of drug-likeness (QED) is 0.0698. The molecule has 2 fully saturated rings. The van der Waals surface area contributed by atoms with Gasteiger partial charge in [-0.2, -0.15) is 4.40 Å². The van der Waals surface area contributed by atoms with E-state index in [1.165, 1.54) is 81.1 Å². The number of primary amides is 1. The van der Waals surface area contributed by atoms with E-state index in [0.29, 0.717) is 63.1 Å². The molecule has 3 aliphatic rings. The van der Waals surface area contributed by atoms with Crippen LogP contribution in [0.3, 0.4) is 0 Å². The van der Waals surface area contributed by atoms with Gasteiger partial charge in [-0.15, -0.1) is 4.57 Å². The highest BCUT2D eigenvalue weighted by atomic mass is 32.2. The maximum atomic E-state index is 13.9. The fraction of sp³-hybridized carbons (Fsp3) is 0.378. The molecule has 0 bridgehead atoms. The lowest BCUT2D eigenvalue weighted by atomic mass is 9.77. The van der Waals surface area contributed by atoms with E-state index in [0.717, 1.165) is 0 Å². The van der Waals surface area contributed by atoms with Gasteiger partial charge in [-0.25, -0.2) is 14.4 Å². The summed E-state index contributed by atoms with van der Waals surface area (Å²) in [6, 6.07) is 10.2. The van der Waals surface area contributed by atoms with Gasteiger partial charge in [0.15, 0.2) is 0 Å². The molecule has 0 radical (unpaired) electrons. The number of imidazole rings is 1. The van der Waals surface area contributed by atoms with Crippen molar-refractivity contribution in [1.29, 1.82) is 0 Å².